The third-order valence-corrected chi connectivity index (χ3v) is 8.57. The molecular formula is C26H32N4O4S. The van der Waals surface area contributed by atoms with Gasteiger partial charge < -0.3 is 15.1 Å². The average molecular weight is 497 g/mol. The molecule has 2 aromatic carbocycles. The predicted molar refractivity (Wildman–Crippen MR) is 136 cm³/mol. The summed E-state index contributed by atoms with van der Waals surface area (Å²) in [5, 5.41) is 6.98. The molecule has 2 aromatic rings. The van der Waals surface area contributed by atoms with Gasteiger partial charge in [-0.2, -0.15) is 0 Å². The van der Waals surface area contributed by atoms with Crippen LogP contribution in [0.1, 0.15) is 33.1 Å². The lowest BCUT2D eigenvalue weighted by atomic mass is 9.94. The van der Waals surface area contributed by atoms with Crippen LogP contribution in [0, 0.1) is 5.92 Å². The molecule has 8 nitrogen and oxygen atoms in total. The van der Waals surface area contributed by atoms with Crippen molar-refractivity contribution in [2.45, 2.75) is 56.3 Å². The molecule has 0 bridgehead atoms. The molecule has 0 aromatic heterocycles. The molecule has 5 rings (SSSR count). The quantitative estimate of drug-likeness (QED) is 0.678. The second kappa shape index (κ2) is 9.04. The molecule has 0 saturated carbocycles. The number of sulfone groups is 1. The molecule has 9 heteroatoms. The maximum absolute atomic E-state index is 13.8. The second-order valence-electron chi connectivity index (χ2n) is 9.98. The SMILES string of the molecule is CC(=O)N1c2ccc(-c3ccc(S(C)(=O)=O)cc3)cc2N(C(=O)C2CC3CCCNC3N2)CC1C. The molecule has 4 unspecified atom stereocenters. The molecule has 2 N–H and O–H groups in total. The number of nitrogens with zero attached hydrogens (tertiary/aromatic N) is 2. The first-order chi connectivity index (χ1) is 16.6. The molecule has 35 heavy (non-hydrogen) atoms. The molecule has 4 atom stereocenters. The number of hydrogen-bond donors (Lipinski definition) is 2. The number of amides is 2. The predicted octanol–water partition coefficient (Wildman–Crippen LogP) is 2.53. The number of fused-ring (bicyclic) bond motifs is 2. The second-order valence-corrected chi connectivity index (χ2v) is 12.0. The molecule has 0 radical (unpaired) electrons. The minimum Gasteiger partial charge on any atom is -0.307 e. The van der Waals surface area contributed by atoms with Crippen LogP contribution < -0.4 is 20.4 Å². The van der Waals surface area contributed by atoms with Gasteiger partial charge in [0.25, 0.3) is 0 Å². The van der Waals surface area contributed by atoms with Gasteiger partial charge in [-0.25, -0.2) is 8.42 Å². The summed E-state index contributed by atoms with van der Waals surface area (Å²) in [6.07, 6.45) is 4.41. The van der Waals surface area contributed by atoms with Crippen LogP contribution in [0.3, 0.4) is 0 Å². The Balaban J connectivity index is 1.51. The molecule has 3 heterocycles. The lowest BCUT2D eigenvalue weighted by Crippen LogP contribution is -2.56. The van der Waals surface area contributed by atoms with Crippen LogP contribution in [0.5, 0.6) is 0 Å². The van der Waals surface area contributed by atoms with E-state index in [0.717, 1.165) is 42.6 Å². The first-order valence-corrected chi connectivity index (χ1v) is 14.1. The Morgan fingerprint density at radius 3 is 2.40 bits per heavy atom. The normalized spacial score (nSPS) is 26.3. The number of piperidine rings is 1. The van der Waals surface area contributed by atoms with Gasteiger partial charge in [-0.1, -0.05) is 18.2 Å². The van der Waals surface area contributed by atoms with Crippen LogP contribution in [-0.4, -0.2) is 57.8 Å². The van der Waals surface area contributed by atoms with Crippen LogP contribution >= 0.6 is 0 Å². The standard InChI is InChI=1S/C26H32N4O4S/c1-16-15-29(26(32)22-13-20-5-4-12-27-25(20)28-22)24-14-19(8-11-23(24)30(16)17(2)31)18-6-9-21(10-7-18)35(3,33)34/h6-11,14,16,20,22,25,27-28H,4-5,12-13,15H2,1-3H3. The fourth-order valence-corrected chi connectivity index (χ4v) is 6.37. The van der Waals surface area contributed by atoms with Crippen molar-refractivity contribution >= 4 is 33.0 Å². The van der Waals surface area contributed by atoms with E-state index in [-0.39, 0.29) is 35.0 Å². The molecule has 0 aliphatic carbocycles. The summed E-state index contributed by atoms with van der Waals surface area (Å²) < 4.78 is 23.7. The zero-order chi connectivity index (χ0) is 24.9. The Morgan fingerprint density at radius 2 is 1.74 bits per heavy atom. The Morgan fingerprint density at radius 1 is 1.03 bits per heavy atom. The van der Waals surface area contributed by atoms with Gasteiger partial charge in [0.1, 0.15) is 0 Å². The van der Waals surface area contributed by atoms with Crippen molar-refractivity contribution in [3.8, 4) is 11.1 Å². The summed E-state index contributed by atoms with van der Waals surface area (Å²) >= 11 is 0. The van der Waals surface area contributed by atoms with Crippen LogP contribution in [0.4, 0.5) is 11.4 Å². The van der Waals surface area contributed by atoms with Crippen molar-refractivity contribution in [3.05, 3.63) is 42.5 Å². The smallest absolute Gasteiger partial charge is 0.244 e. The van der Waals surface area contributed by atoms with Crippen LogP contribution in [-0.2, 0) is 19.4 Å². The summed E-state index contributed by atoms with van der Waals surface area (Å²) in [4.78, 5) is 30.1. The number of nitrogens with one attached hydrogen (secondary N) is 2. The lowest BCUT2D eigenvalue weighted by molar-refractivity contribution is -0.121. The minimum absolute atomic E-state index is 0.0297. The lowest BCUT2D eigenvalue weighted by Gasteiger charge is -2.41. The first kappa shape index (κ1) is 24.0. The van der Waals surface area contributed by atoms with E-state index in [1.807, 2.05) is 30.0 Å². The van der Waals surface area contributed by atoms with Gasteiger partial charge >= 0.3 is 0 Å². The summed E-state index contributed by atoms with van der Waals surface area (Å²) in [7, 11) is -3.29. The number of carbonyl (C=O) groups is 2. The fourth-order valence-electron chi connectivity index (χ4n) is 5.74. The molecule has 3 aliphatic heterocycles. The van der Waals surface area contributed by atoms with Crippen molar-refractivity contribution in [2.75, 3.05) is 29.1 Å². The molecular weight excluding hydrogens is 464 g/mol. The topological polar surface area (TPSA) is 98.8 Å². The highest BCUT2D eigenvalue weighted by molar-refractivity contribution is 7.90. The highest BCUT2D eigenvalue weighted by Crippen LogP contribution is 2.40. The average Bonchev–Trinajstić information content (AvgIpc) is 3.26. The zero-order valence-corrected chi connectivity index (χ0v) is 21.1. The van der Waals surface area contributed by atoms with E-state index in [2.05, 4.69) is 10.6 Å². The number of anilines is 2. The van der Waals surface area contributed by atoms with Crippen molar-refractivity contribution in [1.82, 2.24) is 10.6 Å². The van der Waals surface area contributed by atoms with Crippen LogP contribution in [0.15, 0.2) is 47.4 Å². The number of rotatable bonds is 3. The maximum atomic E-state index is 13.8. The Bertz CT molecular complexity index is 1250. The fraction of sp³-hybridized carbons (Fsp3) is 0.462. The summed E-state index contributed by atoms with van der Waals surface area (Å²) in [6.45, 7) is 4.90. The van der Waals surface area contributed by atoms with Crippen molar-refractivity contribution in [2.24, 2.45) is 5.92 Å². The van der Waals surface area contributed by atoms with Crippen molar-refractivity contribution in [3.63, 3.8) is 0 Å². The van der Waals surface area contributed by atoms with Crippen molar-refractivity contribution < 1.29 is 18.0 Å². The van der Waals surface area contributed by atoms with E-state index >= 15 is 0 Å². The molecule has 0 spiro atoms. The monoisotopic (exact) mass is 496 g/mol. The highest BCUT2D eigenvalue weighted by Gasteiger charge is 2.42. The number of benzene rings is 2. The molecule has 2 saturated heterocycles. The Labute approximate surface area is 206 Å². The largest absolute Gasteiger partial charge is 0.307 e. The van der Waals surface area contributed by atoms with E-state index < -0.39 is 9.84 Å². The molecule has 186 valence electrons. The van der Waals surface area contributed by atoms with Gasteiger partial charge in [0.05, 0.1) is 34.5 Å². The van der Waals surface area contributed by atoms with Crippen LogP contribution in [0.25, 0.3) is 11.1 Å². The van der Waals surface area contributed by atoms with E-state index in [0.29, 0.717) is 18.2 Å². The van der Waals surface area contributed by atoms with Gasteiger partial charge in [0.15, 0.2) is 9.84 Å². The maximum Gasteiger partial charge on any atom is 0.244 e. The van der Waals surface area contributed by atoms with Gasteiger partial charge in [0, 0.05) is 19.7 Å². The summed E-state index contributed by atoms with van der Waals surface area (Å²) in [6, 6.07) is 12.0. The first-order valence-electron chi connectivity index (χ1n) is 12.2. The Hall–Kier alpha value is -2.75. The van der Waals surface area contributed by atoms with E-state index in [9.17, 15) is 18.0 Å². The van der Waals surface area contributed by atoms with Gasteiger partial charge in [-0.3, -0.25) is 14.9 Å². The van der Waals surface area contributed by atoms with Crippen molar-refractivity contribution in [1.29, 1.82) is 0 Å². The van der Waals surface area contributed by atoms with Gasteiger partial charge in [-0.05, 0) is 74.0 Å². The number of hydrogen-bond acceptors (Lipinski definition) is 6. The molecule has 2 fully saturated rings. The van der Waals surface area contributed by atoms with Crippen LogP contribution in [0.2, 0.25) is 0 Å². The third kappa shape index (κ3) is 4.48. The van der Waals surface area contributed by atoms with E-state index in [1.54, 1.807) is 36.1 Å². The minimum atomic E-state index is -3.29. The molecule has 3 aliphatic rings. The third-order valence-electron chi connectivity index (χ3n) is 7.44. The zero-order valence-electron chi connectivity index (χ0n) is 20.3. The summed E-state index contributed by atoms with van der Waals surface area (Å²) in [5.41, 5.74) is 3.12. The van der Waals surface area contributed by atoms with E-state index in [1.165, 1.54) is 6.26 Å². The Kier molecular flexibility index (Phi) is 6.19. The van der Waals surface area contributed by atoms with Gasteiger partial charge in [0.2, 0.25) is 11.8 Å². The van der Waals surface area contributed by atoms with E-state index in [4.69, 9.17) is 0 Å². The van der Waals surface area contributed by atoms with Gasteiger partial charge in [-0.15, -0.1) is 0 Å². The molecule has 2 amide bonds. The highest BCUT2D eigenvalue weighted by atomic mass is 32.2. The summed E-state index contributed by atoms with van der Waals surface area (Å²) in [5.74, 6) is 0.417. The number of carbonyl (C=O) groups excluding carboxylic acids is 2.